The van der Waals surface area contributed by atoms with E-state index in [0.29, 0.717) is 0 Å². The standard InChI is InChI=1S/C9H17NO2/c1-4-8(5-2)10-9(12)6-7(3)11/h8H,4-6H2,1-3H3,(H,10,12). The van der Waals surface area contributed by atoms with Crippen molar-refractivity contribution in [2.45, 2.75) is 46.1 Å². The van der Waals surface area contributed by atoms with E-state index in [1.807, 2.05) is 13.8 Å². The van der Waals surface area contributed by atoms with Crippen LogP contribution in [0.5, 0.6) is 0 Å². The van der Waals surface area contributed by atoms with Gasteiger partial charge in [-0.05, 0) is 19.8 Å². The third-order valence-electron chi connectivity index (χ3n) is 1.76. The lowest BCUT2D eigenvalue weighted by Crippen LogP contribution is -2.34. The fourth-order valence-corrected chi connectivity index (χ4v) is 0.998. The molecule has 0 aliphatic rings. The first-order valence-corrected chi connectivity index (χ1v) is 4.38. The molecule has 1 amide bonds. The lowest BCUT2D eigenvalue weighted by molar-refractivity contribution is -0.127. The Morgan fingerprint density at radius 1 is 1.25 bits per heavy atom. The molecule has 0 aromatic rings. The van der Waals surface area contributed by atoms with Crippen LogP contribution in [0, 0.1) is 0 Å². The van der Waals surface area contributed by atoms with Crippen molar-refractivity contribution in [3.05, 3.63) is 0 Å². The number of amides is 1. The molecule has 0 atom stereocenters. The van der Waals surface area contributed by atoms with Crippen LogP contribution in [0.25, 0.3) is 0 Å². The fraction of sp³-hybridized carbons (Fsp3) is 0.778. The molecule has 3 heteroatoms. The first-order chi connectivity index (χ1) is 5.60. The van der Waals surface area contributed by atoms with Crippen molar-refractivity contribution in [1.82, 2.24) is 5.32 Å². The Hall–Kier alpha value is -0.860. The maximum Gasteiger partial charge on any atom is 0.227 e. The average molecular weight is 171 g/mol. The minimum atomic E-state index is -0.156. The normalized spacial score (nSPS) is 10.0. The number of rotatable bonds is 5. The number of carbonyl (C=O) groups excluding carboxylic acids is 2. The third-order valence-corrected chi connectivity index (χ3v) is 1.76. The minimum absolute atomic E-state index is 0.0104. The molecule has 0 saturated heterocycles. The Kier molecular flexibility index (Phi) is 5.34. The first-order valence-electron chi connectivity index (χ1n) is 4.38. The van der Waals surface area contributed by atoms with Crippen molar-refractivity contribution >= 4 is 11.7 Å². The Morgan fingerprint density at radius 3 is 2.08 bits per heavy atom. The highest BCUT2D eigenvalue weighted by Gasteiger charge is 2.09. The summed E-state index contributed by atoms with van der Waals surface area (Å²) in [5, 5.41) is 2.79. The molecule has 0 fully saturated rings. The SMILES string of the molecule is CCC(CC)NC(=O)CC(C)=O. The van der Waals surface area contributed by atoms with Crippen molar-refractivity contribution < 1.29 is 9.59 Å². The van der Waals surface area contributed by atoms with Crippen molar-refractivity contribution in [2.75, 3.05) is 0 Å². The van der Waals surface area contributed by atoms with Gasteiger partial charge in [-0.3, -0.25) is 9.59 Å². The van der Waals surface area contributed by atoms with Gasteiger partial charge in [-0.1, -0.05) is 13.8 Å². The van der Waals surface area contributed by atoms with E-state index in [-0.39, 0.29) is 24.2 Å². The van der Waals surface area contributed by atoms with Crippen LogP contribution in [-0.4, -0.2) is 17.7 Å². The molecule has 3 nitrogen and oxygen atoms in total. The zero-order valence-corrected chi connectivity index (χ0v) is 8.02. The highest BCUT2D eigenvalue weighted by molar-refractivity contribution is 5.96. The van der Waals surface area contributed by atoms with Crippen LogP contribution in [-0.2, 0) is 9.59 Å². The van der Waals surface area contributed by atoms with Gasteiger partial charge in [0, 0.05) is 6.04 Å². The second-order valence-corrected chi connectivity index (χ2v) is 2.96. The molecular formula is C9H17NO2. The van der Waals surface area contributed by atoms with E-state index in [4.69, 9.17) is 0 Å². The molecule has 0 rings (SSSR count). The van der Waals surface area contributed by atoms with Gasteiger partial charge in [-0.15, -0.1) is 0 Å². The van der Waals surface area contributed by atoms with Gasteiger partial charge in [0.25, 0.3) is 0 Å². The molecule has 0 aliphatic carbocycles. The fourth-order valence-electron chi connectivity index (χ4n) is 0.998. The number of hydrogen-bond acceptors (Lipinski definition) is 2. The van der Waals surface area contributed by atoms with Crippen LogP contribution in [0.2, 0.25) is 0 Å². The molecule has 0 saturated carbocycles. The van der Waals surface area contributed by atoms with Crippen LogP contribution >= 0.6 is 0 Å². The lowest BCUT2D eigenvalue weighted by Gasteiger charge is -2.13. The third kappa shape index (κ3) is 4.88. The summed E-state index contributed by atoms with van der Waals surface area (Å²) >= 11 is 0. The highest BCUT2D eigenvalue weighted by Crippen LogP contribution is 1.96. The topological polar surface area (TPSA) is 46.2 Å². The molecule has 1 N–H and O–H groups in total. The number of ketones is 1. The van der Waals surface area contributed by atoms with Gasteiger partial charge in [0.15, 0.2) is 0 Å². The van der Waals surface area contributed by atoms with Crippen LogP contribution in [0.1, 0.15) is 40.0 Å². The summed E-state index contributed by atoms with van der Waals surface area (Å²) in [5.41, 5.74) is 0. The Balaban J connectivity index is 3.74. The van der Waals surface area contributed by atoms with Crippen molar-refractivity contribution in [3.63, 3.8) is 0 Å². The number of hydrogen-bond donors (Lipinski definition) is 1. The van der Waals surface area contributed by atoms with Gasteiger partial charge in [0.05, 0.1) is 6.42 Å². The second kappa shape index (κ2) is 5.75. The summed E-state index contributed by atoms with van der Waals surface area (Å²) in [6, 6.07) is 0.219. The molecule has 70 valence electrons. The van der Waals surface area contributed by atoms with Gasteiger partial charge in [0.2, 0.25) is 5.91 Å². The van der Waals surface area contributed by atoms with E-state index < -0.39 is 0 Å². The van der Waals surface area contributed by atoms with E-state index in [0.717, 1.165) is 12.8 Å². The summed E-state index contributed by atoms with van der Waals surface area (Å²) in [6.07, 6.45) is 1.84. The average Bonchev–Trinajstić information content (AvgIpc) is 1.98. The van der Waals surface area contributed by atoms with Crippen molar-refractivity contribution in [1.29, 1.82) is 0 Å². The van der Waals surface area contributed by atoms with Gasteiger partial charge in [-0.2, -0.15) is 0 Å². The molecule has 0 bridgehead atoms. The molecule has 0 radical (unpaired) electrons. The van der Waals surface area contributed by atoms with E-state index in [1.54, 1.807) is 0 Å². The largest absolute Gasteiger partial charge is 0.353 e. The molecular weight excluding hydrogens is 154 g/mol. The predicted molar refractivity (Wildman–Crippen MR) is 47.8 cm³/mol. The van der Waals surface area contributed by atoms with E-state index >= 15 is 0 Å². The smallest absolute Gasteiger partial charge is 0.227 e. The molecule has 0 aromatic heterocycles. The molecule has 0 aromatic carbocycles. The monoisotopic (exact) mass is 171 g/mol. The molecule has 0 heterocycles. The van der Waals surface area contributed by atoms with E-state index in [2.05, 4.69) is 5.32 Å². The summed E-state index contributed by atoms with van der Waals surface area (Å²) in [5.74, 6) is -0.241. The molecule has 0 aliphatic heterocycles. The number of Topliss-reactive ketones (excluding diaryl/α,β-unsaturated/α-hetero) is 1. The predicted octanol–water partition coefficient (Wildman–Crippen LogP) is 1.27. The van der Waals surface area contributed by atoms with Crippen molar-refractivity contribution in [2.24, 2.45) is 0 Å². The maximum absolute atomic E-state index is 11.0. The van der Waals surface area contributed by atoms with Gasteiger partial charge < -0.3 is 5.32 Å². The van der Waals surface area contributed by atoms with Crippen LogP contribution in [0.3, 0.4) is 0 Å². The zero-order chi connectivity index (χ0) is 9.56. The summed E-state index contributed by atoms with van der Waals surface area (Å²) in [6.45, 7) is 5.46. The van der Waals surface area contributed by atoms with Gasteiger partial charge in [0.1, 0.15) is 5.78 Å². The number of carbonyl (C=O) groups is 2. The zero-order valence-electron chi connectivity index (χ0n) is 8.02. The summed E-state index contributed by atoms with van der Waals surface area (Å²) in [7, 11) is 0. The number of nitrogens with one attached hydrogen (secondary N) is 1. The van der Waals surface area contributed by atoms with E-state index in [1.165, 1.54) is 6.92 Å². The highest BCUT2D eigenvalue weighted by atomic mass is 16.2. The van der Waals surface area contributed by atoms with E-state index in [9.17, 15) is 9.59 Å². The Morgan fingerprint density at radius 2 is 1.75 bits per heavy atom. The minimum Gasteiger partial charge on any atom is -0.353 e. The Labute approximate surface area is 73.5 Å². The Bertz CT molecular complexity index is 162. The van der Waals surface area contributed by atoms with Gasteiger partial charge in [-0.25, -0.2) is 0 Å². The van der Waals surface area contributed by atoms with Crippen LogP contribution < -0.4 is 5.32 Å². The molecule has 0 spiro atoms. The van der Waals surface area contributed by atoms with Crippen LogP contribution in [0.4, 0.5) is 0 Å². The van der Waals surface area contributed by atoms with Crippen molar-refractivity contribution in [3.8, 4) is 0 Å². The van der Waals surface area contributed by atoms with Gasteiger partial charge >= 0.3 is 0 Å². The van der Waals surface area contributed by atoms with Crippen LogP contribution in [0.15, 0.2) is 0 Å². The lowest BCUT2D eigenvalue weighted by atomic mass is 10.1. The quantitative estimate of drug-likeness (QED) is 0.633. The molecule has 0 unspecified atom stereocenters. The first kappa shape index (κ1) is 11.1. The second-order valence-electron chi connectivity index (χ2n) is 2.96. The molecule has 12 heavy (non-hydrogen) atoms. The summed E-state index contributed by atoms with van der Waals surface area (Å²) in [4.78, 5) is 21.6. The maximum atomic E-state index is 11.0. The summed E-state index contributed by atoms with van der Waals surface area (Å²) < 4.78 is 0.